The molecule has 1 aromatic heterocycles. The number of hydrogen-bond acceptors (Lipinski definition) is 4. The van der Waals surface area contributed by atoms with E-state index in [0.29, 0.717) is 5.69 Å². The number of rotatable bonds is 5. The Morgan fingerprint density at radius 2 is 1.91 bits per heavy atom. The molecule has 22 heavy (non-hydrogen) atoms. The standard InChI is InChI=1S/C16H18N2O3S/c1-11-3-5-13(6-4-11)18-16(20)15(19)17-9-14(21-2)12-7-8-22-10-12/h3-8,10,14H,9H2,1-2H3,(H,17,19)(H,18,20). The van der Waals surface area contributed by atoms with Gasteiger partial charge in [0.2, 0.25) is 0 Å². The summed E-state index contributed by atoms with van der Waals surface area (Å²) in [6, 6.07) is 9.17. The lowest BCUT2D eigenvalue weighted by Crippen LogP contribution is -2.37. The van der Waals surface area contributed by atoms with Gasteiger partial charge >= 0.3 is 11.8 Å². The van der Waals surface area contributed by atoms with Crippen molar-refractivity contribution in [3.05, 3.63) is 52.2 Å². The average molecular weight is 318 g/mol. The highest BCUT2D eigenvalue weighted by atomic mass is 32.1. The lowest BCUT2D eigenvalue weighted by molar-refractivity contribution is -0.136. The van der Waals surface area contributed by atoms with E-state index in [1.807, 2.05) is 35.9 Å². The number of carbonyl (C=O) groups excluding carboxylic acids is 2. The molecule has 0 fully saturated rings. The Bertz CT molecular complexity index is 623. The van der Waals surface area contributed by atoms with Crippen LogP contribution >= 0.6 is 11.3 Å². The average Bonchev–Trinajstić information content (AvgIpc) is 3.04. The van der Waals surface area contributed by atoms with Crippen molar-refractivity contribution in [2.75, 3.05) is 19.0 Å². The van der Waals surface area contributed by atoms with Crippen LogP contribution in [-0.2, 0) is 14.3 Å². The third-order valence-electron chi connectivity index (χ3n) is 3.16. The lowest BCUT2D eigenvalue weighted by atomic mass is 10.2. The molecule has 2 rings (SSSR count). The monoisotopic (exact) mass is 318 g/mol. The van der Waals surface area contributed by atoms with Gasteiger partial charge in [-0.25, -0.2) is 0 Å². The highest BCUT2D eigenvalue weighted by Crippen LogP contribution is 2.18. The van der Waals surface area contributed by atoms with E-state index >= 15 is 0 Å². The maximum absolute atomic E-state index is 11.8. The van der Waals surface area contributed by atoms with Crippen LogP contribution in [0.2, 0.25) is 0 Å². The smallest absolute Gasteiger partial charge is 0.313 e. The predicted octanol–water partition coefficient (Wildman–Crippen LogP) is 2.50. The van der Waals surface area contributed by atoms with E-state index in [-0.39, 0.29) is 12.6 Å². The summed E-state index contributed by atoms with van der Waals surface area (Å²) in [5.74, 6) is -1.37. The molecular formula is C16H18N2O3S. The van der Waals surface area contributed by atoms with E-state index in [1.165, 1.54) is 0 Å². The van der Waals surface area contributed by atoms with Crippen molar-refractivity contribution in [1.29, 1.82) is 0 Å². The fourth-order valence-corrected chi connectivity index (χ4v) is 2.59. The summed E-state index contributed by atoms with van der Waals surface area (Å²) >= 11 is 1.55. The molecule has 2 aromatic rings. The van der Waals surface area contributed by atoms with E-state index in [1.54, 1.807) is 30.6 Å². The zero-order valence-electron chi connectivity index (χ0n) is 12.5. The number of nitrogens with one attached hydrogen (secondary N) is 2. The van der Waals surface area contributed by atoms with E-state index in [2.05, 4.69) is 10.6 Å². The molecule has 0 saturated carbocycles. The summed E-state index contributed by atoms with van der Waals surface area (Å²) in [5, 5.41) is 9.03. The summed E-state index contributed by atoms with van der Waals surface area (Å²) in [5.41, 5.74) is 2.65. The number of thiophene rings is 1. The second kappa shape index (κ2) is 7.72. The van der Waals surface area contributed by atoms with Crippen LogP contribution in [-0.4, -0.2) is 25.5 Å². The third kappa shape index (κ3) is 4.41. The van der Waals surface area contributed by atoms with Gasteiger partial charge in [-0.2, -0.15) is 11.3 Å². The quantitative estimate of drug-likeness (QED) is 0.832. The molecule has 2 N–H and O–H groups in total. The Hall–Kier alpha value is -2.18. The summed E-state index contributed by atoms with van der Waals surface area (Å²) < 4.78 is 5.32. The van der Waals surface area contributed by atoms with Crippen molar-refractivity contribution in [2.45, 2.75) is 13.0 Å². The molecule has 0 saturated heterocycles. The Balaban J connectivity index is 1.86. The first-order valence-corrected chi connectivity index (χ1v) is 7.75. The number of methoxy groups -OCH3 is 1. The molecule has 5 nitrogen and oxygen atoms in total. The SMILES string of the molecule is COC(CNC(=O)C(=O)Nc1ccc(C)cc1)c1ccsc1. The maximum Gasteiger partial charge on any atom is 0.313 e. The first-order valence-electron chi connectivity index (χ1n) is 6.81. The van der Waals surface area contributed by atoms with E-state index < -0.39 is 11.8 Å². The molecule has 1 unspecified atom stereocenters. The highest BCUT2D eigenvalue weighted by Gasteiger charge is 2.17. The van der Waals surface area contributed by atoms with Crippen molar-refractivity contribution in [3.8, 4) is 0 Å². The van der Waals surface area contributed by atoms with Crippen LogP contribution in [0, 0.1) is 6.92 Å². The molecule has 1 heterocycles. The zero-order chi connectivity index (χ0) is 15.9. The van der Waals surface area contributed by atoms with Crippen LogP contribution in [0.25, 0.3) is 0 Å². The van der Waals surface area contributed by atoms with Gasteiger partial charge < -0.3 is 15.4 Å². The largest absolute Gasteiger partial charge is 0.375 e. The van der Waals surface area contributed by atoms with Crippen molar-refractivity contribution in [2.24, 2.45) is 0 Å². The summed E-state index contributed by atoms with van der Waals surface area (Å²) in [6.07, 6.45) is -0.262. The van der Waals surface area contributed by atoms with Gasteiger partial charge in [-0.15, -0.1) is 0 Å². The third-order valence-corrected chi connectivity index (χ3v) is 3.86. The second-order valence-electron chi connectivity index (χ2n) is 4.81. The van der Waals surface area contributed by atoms with E-state index in [9.17, 15) is 9.59 Å². The lowest BCUT2D eigenvalue weighted by Gasteiger charge is -2.14. The van der Waals surface area contributed by atoms with Crippen LogP contribution in [0.1, 0.15) is 17.2 Å². The predicted molar refractivity (Wildman–Crippen MR) is 86.9 cm³/mol. The summed E-state index contributed by atoms with van der Waals surface area (Å²) in [7, 11) is 1.57. The molecule has 0 aliphatic carbocycles. The molecule has 0 radical (unpaired) electrons. The van der Waals surface area contributed by atoms with Crippen molar-refractivity contribution < 1.29 is 14.3 Å². The van der Waals surface area contributed by atoms with Gasteiger partial charge in [-0.1, -0.05) is 17.7 Å². The molecule has 116 valence electrons. The minimum atomic E-state index is -0.691. The van der Waals surface area contributed by atoms with Gasteiger partial charge in [0.25, 0.3) is 0 Å². The van der Waals surface area contributed by atoms with Gasteiger partial charge in [0.15, 0.2) is 0 Å². The molecular weight excluding hydrogens is 300 g/mol. The summed E-state index contributed by atoms with van der Waals surface area (Å²) in [4.78, 5) is 23.7. The number of carbonyl (C=O) groups is 2. The Morgan fingerprint density at radius 3 is 2.50 bits per heavy atom. The number of ether oxygens (including phenoxy) is 1. The molecule has 6 heteroatoms. The van der Waals surface area contributed by atoms with Gasteiger partial charge in [0, 0.05) is 19.3 Å². The first kappa shape index (κ1) is 16.2. The minimum absolute atomic E-state index is 0.243. The minimum Gasteiger partial charge on any atom is -0.375 e. The normalized spacial score (nSPS) is 11.7. The van der Waals surface area contributed by atoms with Gasteiger partial charge in [-0.3, -0.25) is 9.59 Å². The Labute approximate surface area is 133 Å². The van der Waals surface area contributed by atoms with E-state index in [4.69, 9.17) is 4.74 Å². The van der Waals surface area contributed by atoms with Gasteiger partial charge in [0.05, 0.1) is 0 Å². The van der Waals surface area contributed by atoms with Crippen molar-refractivity contribution >= 4 is 28.8 Å². The molecule has 1 atom stereocenters. The van der Waals surface area contributed by atoms with Crippen LogP contribution < -0.4 is 10.6 Å². The van der Waals surface area contributed by atoms with Crippen molar-refractivity contribution in [1.82, 2.24) is 5.32 Å². The topological polar surface area (TPSA) is 67.4 Å². The molecule has 0 aliphatic rings. The number of amides is 2. The van der Waals surface area contributed by atoms with Crippen LogP contribution in [0.5, 0.6) is 0 Å². The first-order chi connectivity index (χ1) is 10.6. The van der Waals surface area contributed by atoms with Gasteiger partial charge in [-0.05, 0) is 41.4 Å². The molecule has 1 aromatic carbocycles. The second-order valence-corrected chi connectivity index (χ2v) is 5.59. The summed E-state index contributed by atoms with van der Waals surface area (Å²) in [6.45, 7) is 2.20. The Kier molecular flexibility index (Phi) is 5.68. The highest BCUT2D eigenvalue weighted by molar-refractivity contribution is 7.07. The number of hydrogen-bond donors (Lipinski definition) is 2. The number of anilines is 1. The molecule has 0 aliphatic heterocycles. The van der Waals surface area contributed by atoms with Gasteiger partial charge in [0.1, 0.15) is 6.10 Å². The maximum atomic E-state index is 11.8. The molecule has 0 spiro atoms. The van der Waals surface area contributed by atoms with Crippen LogP contribution in [0.3, 0.4) is 0 Å². The fraction of sp³-hybridized carbons (Fsp3) is 0.250. The number of benzene rings is 1. The molecule has 2 amide bonds. The number of aryl methyl sites for hydroxylation is 1. The van der Waals surface area contributed by atoms with Crippen LogP contribution in [0.4, 0.5) is 5.69 Å². The van der Waals surface area contributed by atoms with Crippen LogP contribution in [0.15, 0.2) is 41.1 Å². The molecule has 0 bridgehead atoms. The Morgan fingerprint density at radius 1 is 1.18 bits per heavy atom. The van der Waals surface area contributed by atoms with Crippen molar-refractivity contribution in [3.63, 3.8) is 0 Å². The zero-order valence-corrected chi connectivity index (χ0v) is 13.3. The van der Waals surface area contributed by atoms with E-state index in [0.717, 1.165) is 11.1 Å². The fourth-order valence-electron chi connectivity index (χ4n) is 1.89.